The zero-order valence-electron chi connectivity index (χ0n) is 6.85. The number of hydrogen-bond donors (Lipinski definition) is 1. The number of hydrogen-bond acceptors (Lipinski definition) is 3. The molecule has 12 heavy (non-hydrogen) atoms. The molecular formula is C8H12N4. The predicted molar refractivity (Wildman–Crippen MR) is 43.6 cm³/mol. The highest BCUT2D eigenvalue weighted by Crippen LogP contribution is 2.34. The summed E-state index contributed by atoms with van der Waals surface area (Å²) in [5, 5.41) is 7.68. The zero-order valence-corrected chi connectivity index (χ0v) is 6.85. The van der Waals surface area contributed by atoms with Gasteiger partial charge in [-0.05, 0) is 19.3 Å². The third kappa shape index (κ3) is 0.876. The van der Waals surface area contributed by atoms with E-state index in [-0.39, 0.29) is 0 Å². The van der Waals surface area contributed by atoms with Crippen LogP contribution in [0, 0.1) is 0 Å². The van der Waals surface area contributed by atoms with Gasteiger partial charge in [-0.25, -0.2) is 9.67 Å². The molecule has 3 fully saturated rings. The first-order valence-electron chi connectivity index (χ1n) is 4.52. The summed E-state index contributed by atoms with van der Waals surface area (Å²) >= 11 is 0. The van der Waals surface area contributed by atoms with Crippen molar-refractivity contribution in [2.24, 2.45) is 0 Å². The Morgan fingerprint density at radius 3 is 2.58 bits per heavy atom. The minimum atomic E-state index is 0.595. The Labute approximate surface area is 71.0 Å². The monoisotopic (exact) mass is 164 g/mol. The summed E-state index contributed by atoms with van der Waals surface area (Å²) in [5.41, 5.74) is 0. The Hall–Kier alpha value is -0.900. The summed E-state index contributed by atoms with van der Waals surface area (Å²) in [6.07, 6.45) is 7.26. The highest BCUT2D eigenvalue weighted by atomic mass is 15.3. The van der Waals surface area contributed by atoms with Gasteiger partial charge in [-0.3, -0.25) is 0 Å². The molecule has 2 bridgehead atoms. The molecule has 1 aromatic rings. The van der Waals surface area contributed by atoms with Crippen LogP contribution in [0.5, 0.6) is 0 Å². The van der Waals surface area contributed by atoms with Gasteiger partial charge in [0, 0.05) is 12.1 Å². The van der Waals surface area contributed by atoms with E-state index in [1.807, 2.05) is 11.0 Å². The molecule has 1 saturated carbocycles. The maximum absolute atomic E-state index is 4.17. The van der Waals surface area contributed by atoms with E-state index in [4.69, 9.17) is 0 Å². The summed E-state index contributed by atoms with van der Waals surface area (Å²) in [5.74, 6) is 0. The molecule has 4 nitrogen and oxygen atoms in total. The van der Waals surface area contributed by atoms with Crippen LogP contribution in [0.2, 0.25) is 0 Å². The fourth-order valence-corrected chi connectivity index (χ4v) is 2.36. The van der Waals surface area contributed by atoms with Crippen LogP contribution in [0.1, 0.15) is 25.3 Å². The first-order valence-corrected chi connectivity index (χ1v) is 4.52. The molecule has 2 aliphatic heterocycles. The Bertz CT molecular complexity index is 253. The smallest absolute Gasteiger partial charge is 0.137 e. The van der Waals surface area contributed by atoms with E-state index < -0.39 is 0 Å². The lowest BCUT2D eigenvalue weighted by Crippen LogP contribution is -2.58. The largest absolute Gasteiger partial charge is 0.311 e. The zero-order chi connectivity index (χ0) is 7.97. The van der Waals surface area contributed by atoms with Gasteiger partial charge in [0.1, 0.15) is 12.7 Å². The van der Waals surface area contributed by atoms with Gasteiger partial charge >= 0.3 is 0 Å². The molecular weight excluding hydrogens is 152 g/mol. The van der Waals surface area contributed by atoms with Gasteiger partial charge in [0.05, 0.1) is 6.04 Å². The lowest BCUT2D eigenvalue weighted by Gasteiger charge is -2.46. The van der Waals surface area contributed by atoms with Crippen LogP contribution in [-0.4, -0.2) is 26.8 Å². The normalized spacial score (nSPS) is 39.2. The molecule has 0 amide bonds. The summed E-state index contributed by atoms with van der Waals surface area (Å²) in [6, 6.07) is 2.09. The van der Waals surface area contributed by atoms with Gasteiger partial charge in [0.15, 0.2) is 0 Å². The van der Waals surface area contributed by atoms with Crippen LogP contribution in [0.3, 0.4) is 0 Å². The van der Waals surface area contributed by atoms with E-state index in [2.05, 4.69) is 15.4 Å². The Balaban J connectivity index is 1.78. The number of fused-ring (bicyclic) bond motifs is 2. The first kappa shape index (κ1) is 6.60. The molecule has 3 aliphatic rings. The Morgan fingerprint density at radius 2 is 2.00 bits per heavy atom. The second-order valence-corrected chi connectivity index (χ2v) is 3.80. The van der Waals surface area contributed by atoms with Crippen molar-refractivity contribution in [2.45, 2.75) is 37.4 Å². The van der Waals surface area contributed by atoms with E-state index in [0.29, 0.717) is 6.04 Å². The molecule has 1 aliphatic carbocycles. The third-order valence-corrected chi connectivity index (χ3v) is 2.96. The fraction of sp³-hybridized carbons (Fsp3) is 0.750. The number of rotatable bonds is 1. The van der Waals surface area contributed by atoms with E-state index in [0.717, 1.165) is 12.1 Å². The minimum Gasteiger partial charge on any atom is -0.311 e. The van der Waals surface area contributed by atoms with Gasteiger partial charge in [0.25, 0.3) is 0 Å². The van der Waals surface area contributed by atoms with Crippen LogP contribution < -0.4 is 5.32 Å². The number of nitrogens with one attached hydrogen (secondary N) is 1. The highest BCUT2D eigenvalue weighted by molar-refractivity contribution is 4.98. The lowest BCUT2D eigenvalue weighted by atomic mass is 9.80. The number of piperidine rings is 1. The standard InChI is InChI=1S/C8H12N4/c1-6-2-8(3-7(1)11-6)12-5-9-4-10-12/h4-8,11H,1-3H2. The fourth-order valence-electron chi connectivity index (χ4n) is 2.36. The topological polar surface area (TPSA) is 42.7 Å². The average molecular weight is 164 g/mol. The van der Waals surface area contributed by atoms with Gasteiger partial charge < -0.3 is 5.32 Å². The molecule has 2 atom stereocenters. The van der Waals surface area contributed by atoms with E-state index in [1.54, 1.807) is 6.33 Å². The van der Waals surface area contributed by atoms with Crippen molar-refractivity contribution < 1.29 is 0 Å². The molecule has 3 heterocycles. The average Bonchev–Trinajstić information content (AvgIpc) is 2.55. The van der Waals surface area contributed by atoms with Crippen molar-refractivity contribution in [3.63, 3.8) is 0 Å². The quantitative estimate of drug-likeness (QED) is 0.651. The molecule has 1 N–H and O–H groups in total. The Morgan fingerprint density at radius 1 is 1.25 bits per heavy atom. The van der Waals surface area contributed by atoms with Crippen LogP contribution in [0.4, 0.5) is 0 Å². The summed E-state index contributed by atoms with van der Waals surface area (Å²) in [6.45, 7) is 0. The summed E-state index contributed by atoms with van der Waals surface area (Å²) < 4.78 is 2.00. The highest BCUT2D eigenvalue weighted by Gasteiger charge is 2.38. The van der Waals surface area contributed by atoms with E-state index >= 15 is 0 Å². The summed E-state index contributed by atoms with van der Waals surface area (Å²) in [4.78, 5) is 3.97. The third-order valence-electron chi connectivity index (χ3n) is 2.96. The van der Waals surface area contributed by atoms with Crippen LogP contribution in [0.25, 0.3) is 0 Å². The van der Waals surface area contributed by atoms with Gasteiger partial charge in [-0.15, -0.1) is 0 Å². The maximum atomic E-state index is 4.17. The van der Waals surface area contributed by atoms with Crippen LogP contribution in [-0.2, 0) is 0 Å². The van der Waals surface area contributed by atoms with Crippen LogP contribution >= 0.6 is 0 Å². The van der Waals surface area contributed by atoms with E-state index in [9.17, 15) is 0 Å². The van der Waals surface area contributed by atoms with Gasteiger partial charge in [-0.1, -0.05) is 0 Å². The van der Waals surface area contributed by atoms with Crippen molar-refractivity contribution in [3.05, 3.63) is 12.7 Å². The first-order chi connectivity index (χ1) is 5.92. The number of nitrogens with zero attached hydrogens (tertiary/aromatic N) is 3. The van der Waals surface area contributed by atoms with Crippen molar-refractivity contribution in [3.8, 4) is 0 Å². The molecule has 0 spiro atoms. The van der Waals surface area contributed by atoms with Gasteiger partial charge in [0.2, 0.25) is 0 Å². The molecule has 0 aromatic carbocycles. The molecule has 4 rings (SSSR count). The Kier molecular flexibility index (Phi) is 1.26. The second-order valence-electron chi connectivity index (χ2n) is 3.80. The molecule has 4 heteroatoms. The SMILES string of the molecule is c1ncn(C2CC3CC(C2)N3)n1. The molecule has 2 saturated heterocycles. The molecule has 0 radical (unpaired) electrons. The minimum absolute atomic E-state index is 0.595. The van der Waals surface area contributed by atoms with Crippen molar-refractivity contribution in [2.75, 3.05) is 0 Å². The van der Waals surface area contributed by atoms with Crippen molar-refractivity contribution in [1.82, 2.24) is 20.1 Å². The van der Waals surface area contributed by atoms with E-state index in [1.165, 1.54) is 19.3 Å². The molecule has 1 aromatic heterocycles. The van der Waals surface area contributed by atoms with Crippen LogP contribution in [0.15, 0.2) is 12.7 Å². The van der Waals surface area contributed by atoms with Crippen molar-refractivity contribution in [1.29, 1.82) is 0 Å². The predicted octanol–water partition coefficient (Wildman–Crippen LogP) is 0.343. The summed E-state index contributed by atoms with van der Waals surface area (Å²) in [7, 11) is 0. The molecule has 2 unspecified atom stereocenters. The molecule has 64 valence electrons. The maximum Gasteiger partial charge on any atom is 0.137 e. The van der Waals surface area contributed by atoms with Gasteiger partial charge in [-0.2, -0.15) is 5.10 Å². The second kappa shape index (κ2) is 2.29. The van der Waals surface area contributed by atoms with Crippen molar-refractivity contribution >= 4 is 0 Å². The lowest BCUT2D eigenvalue weighted by molar-refractivity contribution is 0.125. The number of aromatic nitrogens is 3.